The molecule has 0 fully saturated rings. The predicted molar refractivity (Wildman–Crippen MR) is 298 cm³/mol. The topological polar surface area (TPSA) is 155 Å². The second-order valence-corrected chi connectivity index (χ2v) is 21.6. The van der Waals surface area contributed by atoms with Crippen LogP contribution in [0.15, 0.2) is 36.5 Å². The molecule has 3 unspecified atom stereocenters. The minimum Gasteiger partial charge on any atom is -0.462 e. The molecule has 2 N–H and O–H groups in total. The zero-order chi connectivity index (χ0) is 52.7. The number of aliphatic hydroxyl groups excluding tert-OH is 1. The number of carbonyl (C=O) groups is 3. The van der Waals surface area contributed by atoms with Gasteiger partial charge in [0.2, 0.25) is 0 Å². The Morgan fingerprint density at radius 1 is 0.375 bits per heavy atom. The minimum absolute atomic E-state index is 0.158. The number of phosphoric acid groups is 1. The third kappa shape index (κ3) is 52.6. The normalized spacial score (nSPS) is 13.6. The fourth-order valence-electron chi connectivity index (χ4n) is 8.40. The molecule has 0 radical (unpaired) electrons. The second kappa shape index (κ2) is 54.9. The van der Waals surface area contributed by atoms with Gasteiger partial charge in [-0.2, -0.15) is 0 Å². The number of aliphatic hydroxyl groups is 1. The van der Waals surface area contributed by atoms with Crippen molar-refractivity contribution in [2.24, 2.45) is 0 Å². The third-order valence-electron chi connectivity index (χ3n) is 13.0. The number of esters is 3. The number of ether oxygens (including phenoxy) is 3. The van der Waals surface area contributed by atoms with E-state index in [0.29, 0.717) is 19.3 Å². The Labute approximate surface area is 441 Å². The Hall–Kier alpha value is -2.30. The van der Waals surface area contributed by atoms with E-state index < -0.39 is 57.8 Å². The molecular formula is C60H111O11P. The van der Waals surface area contributed by atoms with Crippen LogP contribution < -0.4 is 0 Å². The minimum atomic E-state index is -4.75. The van der Waals surface area contributed by atoms with Crippen molar-refractivity contribution in [3.8, 4) is 0 Å². The van der Waals surface area contributed by atoms with Crippen LogP contribution in [0.2, 0.25) is 0 Å². The van der Waals surface area contributed by atoms with Crippen LogP contribution in [0.1, 0.15) is 290 Å². The Bertz CT molecular complexity index is 1350. The number of carbonyl (C=O) groups excluding carboxylic acids is 3. The van der Waals surface area contributed by atoms with Crippen LogP contribution in [0, 0.1) is 0 Å². The van der Waals surface area contributed by atoms with Gasteiger partial charge in [0.1, 0.15) is 12.7 Å². The van der Waals surface area contributed by atoms with Gasteiger partial charge in [-0.15, -0.1) is 0 Å². The summed E-state index contributed by atoms with van der Waals surface area (Å²) in [7, 11) is -4.75. The van der Waals surface area contributed by atoms with E-state index in [1.165, 1.54) is 116 Å². The van der Waals surface area contributed by atoms with Gasteiger partial charge in [0, 0.05) is 19.3 Å². The molecule has 0 heterocycles. The largest absolute Gasteiger partial charge is 0.472 e. The monoisotopic (exact) mass is 1040 g/mol. The summed E-state index contributed by atoms with van der Waals surface area (Å²) in [5.41, 5.74) is 0. The van der Waals surface area contributed by atoms with Crippen molar-refractivity contribution >= 4 is 25.7 Å². The lowest BCUT2D eigenvalue weighted by Gasteiger charge is -2.21. The first-order valence-electron chi connectivity index (χ1n) is 29.9. The fraction of sp³-hybridized carbons (Fsp3) is 0.850. The third-order valence-corrected chi connectivity index (χ3v) is 14.0. The van der Waals surface area contributed by atoms with Gasteiger partial charge >= 0.3 is 25.7 Å². The maximum absolute atomic E-state index is 12.9. The molecule has 422 valence electrons. The molecule has 3 atom stereocenters. The Morgan fingerprint density at radius 2 is 0.639 bits per heavy atom. The molecule has 0 saturated heterocycles. The Kier molecular flexibility index (Phi) is 53.2. The summed E-state index contributed by atoms with van der Waals surface area (Å²) in [5.74, 6) is -1.48. The van der Waals surface area contributed by atoms with Gasteiger partial charge in [-0.25, -0.2) is 4.57 Å². The van der Waals surface area contributed by atoms with E-state index in [4.69, 9.17) is 23.3 Å². The first-order chi connectivity index (χ1) is 35.2. The van der Waals surface area contributed by atoms with Crippen molar-refractivity contribution in [2.45, 2.75) is 303 Å². The molecule has 11 nitrogen and oxygen atoms in total. The average molecular weight is 1040 g/mol. The summed E-state index contributed by atoms with van der Waals surface area (Å²) < 4.78 is 39.5. The zero-order valence-corrected chi connectivity index (χ0v) is 47.6. The number of unbranched alkanes of at least 4 members (excludes halogenated alkanes) is 33. The highest BCUT2D eigenvalue weighted by Gasteiger charge is 2.28. The molecule has 0 aromatic rings. The van der Waals surface area contributed by atoms with Gasteiger partial charge in [0.05, 0.1) is 19.8 Å². The van der Waals surface area contributed by atoms with Crippen molar-refractivity contribution in [1.82, 2.24) is 0 Å². The average Bonchev–Trinajstić information content (AvgIpc) is 3.37. The van der Waals surface area contributed by atoms with E-state index in [0.717, 1.165) is 116 Å². The second-order valence-electron chi connectivity index (χ2n) is 20.2. The molecule has 0 aliphatic carbocycles. The predicted octanol–water partition coefficient (Wildman–Crippen LogP) is 17.6. The first kappa shape index (κ1) is 69.7. The molecule has 0 aliphatic heterocycles. The van der Waals surface area contributed by atoms with Crippen molar-refractivity contribution in [3.63, 3.8) is 0 Å². The van der Waals surface area contributed by atoms with Crippen molar-refractivity contribution in [2.75, 3.05) is 26.4 Å². The van der Waals surface area contributed by atoms with Crippen LogP contribution >= 0.6 is 7.82 Å². The maximum atomic E-state index is 12.9. The molecule has 12 heteroatoms. The van der Waals surface area contributed by atoms with E-state index in [-0.39, 0.29) is 25.9 Å². The molecule has 72 heavy (non-hydrogen) atoms. The lowest BCUT2D eigenvalue weighted by atomic mass is 10.1. The van der Waals surface area contributed by atoms with Gasteiger partial charge in [0.15, 0.2) is 6.10 Å². The highest BCUT2D eigenvalue weighted by atomic mass is 31.2. The van der Waals surface area contributed by atoms with Crippen LogP contribution in [-0.2, 0) is 42.2 Å². The Morgan fingerprint density at radius 3 is 0.958 bits per heavy atom. The lowest BCUT2D eigenvalue weighted by Crippen LogP contribution is -2.30. The van der Waals surface area contributed by atoms with Gasteiger partial charge in [-0.1, -0.05) is 211 Å². The maximum Gasteiger partial charge on any atom is 0.472 e. The van der Waals surface area contributed by atoms with E-state index in [9.17, 15) is 28.9 Å². The molecule has 0 aliphatic rings. The number of hydrogen-bond donors (Lipinski definition) is 2. The van der Waals surface area contributed by atoms with Crippen molar-refractivity contribution < 1.29 is 52.2 Å². The van der Waals surface area contributed by atoms with Crippen LogP contribution in [0.25, 0.3) is 0 Å². The number of phosphoric ester groups is 1. The van der Waals surface area contributed by atoms with Crippen molar-refractivity contribution in [3.05, 3.63) is 36.5 Å². The zero-order valence-electron chi connectivity index (χ0n) is 46.7. The SMILES string of the molecule is CCCCCCCC/C=C\CCCCCCCC(=O)OCC(COP(=O)(O)OCC(CO)OC(=O)CCCCCCC/C=C\CCCCCCCC)OC(=O)CCCCCCC/C=C\CCCCCCCC. The standard InChI is InChI=1S/C60H111O11P/c1-4-7-10-13-16-19-22-25-28-31-34-37-40-43-46-49-58(62)67-53-57(71-60(64)51-48-45-42-39-36-33-30-27-24-21-18-15-12-9-6-3)55-69-72(65,66)68-54-56(52-61)70-59(63)50-47-44-41-38-35-32-29-26-23-20-17-14-11-8-5-2/h25-30,56-57,61H,4-24,31-55H2,1-3H3,(H,65,66)/b28-25-,29-26-,30-27-. The molecule has 0 bridgehead atoms. The molecule has 0 amide bonds. The molecule has 0 saturated carbocycles. The summed E-state index contributed by atoms with van der Waals surface area (Å²) >= 11 is 0. The fourth-order valence-corrected chi connectivity index (χ4v) is 9.18. The smallest absolute Gasteiger partial charge is 0.462 e. The highest BCUT2D eigenvalue weighted by molar-refractivity contribution is 7.47. The van der Waals surface area contributed by atoms with Gasteiger partial charge in [-0.3, -0.25) is 23.4 Å². The Balaban J connectivity index is 4.71. The van der Waals surface area contributed by atoms with Gasteiger partial charge < -0.3 is 24.2 Å². The van der Waals surface area contributed by atoms with E-state index in [1.807, 2.05) is 0 Å². The van der Waals surface area contributed by atoms with Gasteiger partial charge in [0.25, 0.3) is 0 Å². The number of rotatable bonds is 56. The highest BCUT2D eigenvalue weighted by Crippen LogP contribution is 2.43. The molecule has 0 aromatic carbocycles. The number of allylic oxidation sites excluding steroid dienone is 6. The summed E-state index contributed by atoms with van der Waals surface area (Å²) in [6, 6.07) is 0. The molecule has 0 aromatic heterocycles. The quantitative estimate of drug-likeness (QED) is 0.0197. The van der Waals surface area contributed by atoms with Crippen LogP contribution in [0.3, 0.4) is 0 Å². The molecular weight excluding hydrogens is 928 g/mol. The lowest BCUT2D eigenvalue weighted by molar-refractivity contribution is -0.161. The number of hydrogen-bond acceptors (Lipinski definition) is 10. The van der Waals surface area contributed by atoms with E-state index in [2.05, 4.69) is 57.2 Å². The van der Waals surface area contributed by atoms with E-state index in [1.54, 1.807) is 0 Å². The summed E-state index contributed by atoms with van der Waals surface area (Å²) in [4.78, 5) is 48.5. The first-order valence-corrected chi connectivity index (χ1v) is 31.4. The van der Waals surface area contributed by atoms with E-state index >= 15 is 0 Å². The van der Waals surface area contributed by atoms with Crippen LogP contribution in [0.4, 0.5) is 0 Å². The van der Waals surface area contributed by atoms with Crippen LogP contribution in [-0.4, -0.2) is 66.5 Å². The van der Waals surface area contributed by atoms with Crippen molar-refractivity contribution in [1.29, 1.82) is 0 Å². The summed E-state index contributed by atoms with van der Waals surface area (Å²) in [6.45, 7) is 4.64. The summed E-state index contributed by atoms with van der Waals surface area (Å²) in [5, 5.41) is 9.82. The molecule has 0 rings (SSSR count). The summed E-state index contributed by atoms with van der Waals surface area (Å²) in [6.07, 6.45) is 56.7. The van der Waals surface area contributed by atoms with Crippen LogP contribution in [0.5, 0.6) is 0 Å². The van der Waals surface area contributed by atoms with Gasteiger partial charge in [-0.05, 0) is 96.3 Å². The molecule has 0 spiro atoms.